The van der Waals surface area contributed by atoms with Crippen molar-refractivity contribution in [2.45, 2.75) is 26.3 Å². The smallest absolute Gasteiger partial charge is 0.0739 e. The average Bonchev–Trinajstić information content (AvgIpc) is 2.92. The summed E-state index contributed by atoms with van der Waals surface area (Å²) in [5.74, 6) is 0. The minimum atomic E-state index is 0.950. The molecule has 18 heavy (non-hydrogen) atoms. The van der Waals surface area contributed by atoms with Gasteiger partial charge in [-0.3, -0.25) is 9.58 Å². The number of aryl methyl sites for hydroxylation is 2. The minimum Gasteiger partial charge on any atom is -0.302 e. The molecule has 1 saturated heterocycles. The summed E-state index contributed by atoms with van der Waals surface area (Å²) in [5, 5.41) is 4.43. The average molecular weight is 315 g/mol. The van der Waals surface area contributed by atoms with Gasteiger partial charge in [-0.2, -0.15) is 5.10 Å². The van der Waals surface area contributed by atoms with Crippen LogP contribution in [0, 0.1) is 6.92 Å². The number of hydrogen-bond acceptors (Lipinski definition) is 3. The number of nitrogens with zero attached hydrogens (tertiary/aromatic N) is 4. The van der Waals surface area contributed by atoms with E-state index in [0.29, 0.717) is 0 Å². The predicted molar refractivity (Wildman–Crippen MR) is 77.7 cm³/mol. The maximum Gasteiger partial charge on any atom is 0.0739 e. The highest BCUT2D eigenvalue weighted by Crippen LogP contribution is 2.21. The van der Waals surface area contributed by atoms with E-state index >= 15 is 0 Å². The summed E-state index contributed by atoms with van der Waals surface area (Å²) in [6.45, 7) is 7.86. The summed E-state index contributed by atoms with van der Waals surface area (Å²) in [5.41, 5.74) is 2.33. The van der Waals surface area contributed by atoms with Gasteiger partial charge in [0.15, 0.2) is 0 Å². The molecular formula is C13H23BrN4. The van der Waals surface area contributed by atoms with E-state index < -0.39 is 0 Å². The van der Waals surface area contributed by atoms with Crippen molar-refractivity contribution in [3.05, 3.63) is 15.9 Å². The van der Waals surface area contributed by atoms with Crippen LogP contribution in [0.3, 0.4) is 0 Å². The van der Waals surface area contributed by atoms with Crippen molar-refractivity contribution in [1.82, 2.24) is 19.6 Å². The zero-order chi connectivity index (χ0) is 13.1. The van der Waals surface area contributed by atoms with E-state index in [9.17, 15) is 0 Å². The first-order valence-corrected chi connectivity index (χ1v) is 7.46. The molecule has 0 unspecified atom stereocenters. The fourth-order valence-corrected chi connectivity index (χ4v) is 2.97. The summed E-state index contributed by atoms with van der Waals surface area (Å²) >= 11 is 3.63. The third-order valence-corrected chi connectivity index (χ3v) is 4.71. The number of aromatic nitrogens is 2. The highest BCUT2D eigenvalue weighted by Gasteiger charge is 2.15. The topological polar surface area (TPSA) is 24.3 Å². The lowest BCUT2D eigenvalue weighted by atomic mass is 10.3. The second kappa shape index (κ2) is 6.17. The Labute approximate surface area is 118 Å². The van der Waals surface area contributed by atoms with Crippen LogP contribution in [-0.2, 0) is 13.6 Å². The Balaban J connectivity index is 1.84. The maximum atomic E-state index is 4.43. The van der Waals surface area contributed by atoms with Crippen LogP contribution < -0.4 is 0 Å². The van der Waals surface area contributed by atoms with Gasteiger partial charge in [0.2, 0.25) is 0 Å². The van der Waals surface area contributed by atoms with Crippen molar-refractivity contribution in [3.63, 3.8) is 0 Å². The minimum absolute atomic E-state index is 0.950. The summed E-state index contributed by atoms with van der Waals surface area (Å²) in [6.07, 6.45) is 2.74. The van der Waals surface area contributed by atoms with Gasteiger partial charge in [-0.25, -0.2) is 0 Å². The van der Waals surface area contributed by atoms with E-state index in [4.69, 9.17) is 0 Å². The largest absolute Gasteiger partial charge is 0.302 e. The van der Waals surface area contributed by atoms with E-state index in [-0.39, 0.29) is 0 Å². The standard InChI is InChI=1S/C13H23BrN4/c1-11-13(14)12(17(3)15-11)10-16(2)8-9-18-6-4-5-7-18/h4-10H2,1-3H3. The predicted octanol–water partition coefficient (Wildman–Crippen LogP) is 2.02. The van der Waals surface area contributed by atoms with Crippen LogP contribution in [0.2, 0.25) is 0 Å². The molecule has 5 heteroatoms. The molecule has 2 rings (SSSR count). The lowest BCUT2D eigenvalue weighted by Crippen LogP contribution is -2.31. The molecule has 102 valence electrons. The van der Waals surface area contributed by atoms with Crippen LogP contribution in [0.5, 0.6) is 0 Å². The zero-order valence-corrected chi connectivity index (χ0v) is 13.2. The molecule has 1 aliphatic rings. The fourth-order valence-electron chi connectivity index (χ4n) is 2.50. The Morgan fingerprint density at radius 3 is 2.56 bits per heavy atom. The van der Waals surface area contributed by atoms with Gasteiger partial charge in [0.1, 0.15) is 0 Å². The first-order valence-electron chi connectivity index (χ1n) is 6.67. The Kier molecular flexibility index (Phi) is 4.81. The molecule has 0 amide bonds. The van der Waals surface area contributed by atoms with Gasteiger partial charge >= 0.3 is 0 Å². The van der Waals surface area contributed by atoms with Crippen molar-refractivity contribution < 1.29 is 0 Å². The molecule has 1 fully saturated rings. The lowest BCUT2D eigenvalue weighted by molar-refractivity contribution is 0.248. The molecule has 1 aliphatic heterocycles. The molecule has 0 bridgehead atoms. The molecule has 0 aromatic carbocycles. The quantitative estimate of drug-likeness (QED) is 0.831. The van der Waals surface area contributed by atoms with Crippen molar-refractivity contribution in [2.75, 3.05) is 33.2 Å². The number of hydrogen-bond donors (Lipinski definition) is 0. The van der Waals surface area contributed by atoms with Crippen LogP contribution in [0.15, 0.2) is 4.47 Å². The molecule has 0 saturated carbocycles. The molecule has 4 nitrogen and oxygen atoms in total. The molecule has 0 radical (unpaired) electrons. The molecule has 0 N–H and O–H groups in total. The van der Waals surface area contributed by atoms with Crippen LogP contribution in [0.1, 0.15) is 24.2 Å². The highest BCUT2D eigenvalue weighted by molar-refractivity contribution is 9.10. The maximum absolute atomic E-state index is 4.43. The molecular weight excluding hydrogens is 292 g/mol. The summed E-state index contributed by atoms with van der Waals surface area (Å²) in [6, 6.07) is 0. The van der Waals surface area contributed by atoms with Gasteiger partial charge < -0.3 is 4.90 Å². The summed E-state index contributed by atoms with van der Waals surface area (Å²) < 4.78 is 3.13. The van der Waals surface area contributed by atoms with E-state index in [1.54, 1.807) is 0 Å². The summed E-state index contributed by atoms with van der Waals surface area (Å²) in [4.78, 5) is 4.93. The number of likely N-dealkylation sites (N-methyl/N-ethyl adjacent to an activating group) is 1. The molecule has 1 aromatic heterocycles. The van der Waals surface area contributed by atoms with E-state index in [0.717, 1.165) is 23.3 Å². The van der Waals surface area contributed by atoms with Crippen LogP contribution >= 0.6 is 15.9 Å². The van der Waals surface area contributed by atoms with Gasteiger partial charge in [0.25, 0.3) is 0 Å². The van der Waals surface area contributed by atoms with Crippen molar-refractivity contribution in [3.8, 4) is 0 Å². The molecule has 0 atom stereocenters. The molecule has 1 aromatic rings. The Bertz CT molecular complexity index is 396. The van der Waals surface area contributed by atoms with E-state index in [1.807, 2.05) is 18.7 Å². The first-order chi connectivity index (χ1) is 8.58. The third kappa shape index (κ3) is 3.33. The van der Waals surface area contributed by atoms with Gasteiger partial charge in [-0.05, 0) is 55.8 Å². The van der Waals surface area contributed by atoms with Crippen molar-refractivity contribution >= 4 is 15.9 Å². The fraction of sp³-hybridized carbons (Fsp3) is 0.769. The molecule has 0 spiro atoms. The Morgan fingerprint density at radius 1 is 1.33 bits per heavy atom. The third-order valence-electron chi connectivity index (χ3n) is 3.68. The highest BCUT2D eigenvalue weighted by atomic mass is 79.9. The van der Waals surface area contributed by atoms with Crippen molar-refractivity contribution in [1.29, 1.82) is 0 Å². The van der Waals surface area contributed by atoms with Gasteiger partial charge in [-0.1, -0.05) is 0 Å². The molecule has 2 heterocycles. The van der Waals surface area contributed by atoms with Crippen LogP contribution in [0.4, 0.5) is 0 Å². The Morgan fingerprint density at radius 2 is 2.00 bits per heavy atom. The second-order valence-corrected chi connectivity index (χ2v) is 6.05. The normalized spacial score (nSPS) is 16.9. The second-order valence-electron chi connectivity index (χ2n) is 5.26. The van der Waals surface area contributed by atoms with Gasteiger partial charge in [-0.15, -0.1) is 0 Å². The van der Waals surface area contributed by atoms with E-state index in [2.05, 4.69) is 37.9 Å². The zero-order valence-electron chi connectivity index (χ0n) is 11.6. The van der Waals surface area contributed by atoms with E-state index in [1.165, 1.54) is 38.2 Å². The number of halogens is 1. The first kappa shape index (κ1) is 14.0. The molecule has 0 aliphatic carbocycles. The van der Waals surface area contributed by atoms with Crippen LogP contribution in [0.25, 0.3) is 0 Å². The monoisotopic (exact) mass is 314 g/mol. The Hall–Kier alpha value is -0.390. The number of likely N-dealkylation sites (tertiary alicyclic amines) is 1. The van der Waals surface area contributed by atoms with Gasteiger partial charge in [0, 0.05) is 26.7 Å². The van der Waals surface area contributed by atoms with Gasteiger partial charge in [0.05, 0.1) is 15.9 Å². The van der Waals surface area contributed by atoms with Crippen LogP contribution in [-0.4, -0.2) is 52.8 Å². The SMILES string of the molecule is Cc1nn(C)c(CN(C)CCN2CCCC2)c1Br. The summed E-state index contributed by atoms with van der Waals surface area (Å²) in [7, 11) is 4.20. The number of rotatable bonds is 5. The lowest BCUT2D eigenvalue weighted by Gasteiger charge is -2.21. The van der Waals surface area contributed by atoms with Crippen molar-refractivity contribution in [2.24, 2.45) is 7.05 Å².